The first-order valence-electron chi connectivity index (χ1n) is 12.0. The Labute approximate surface area is 190 Å². The van der Waals surface area contributed by atoms with Gasteiger partial charge >= 0.3 is 6.03 Å². The van der Waals surface area contributed by atoms with Gasteiger partial charge < -0.3 is 15.1 Å². The molecule has 1 aliphatic carbocycles. The van der Waals surface area contributed by atoms with E-state index in [0.29, 0.717) is 23.7 Å². The molecule has 1 aromatic heterocycles. The molecule has 3 fully saturated rings. The van der Waals surface area contributed by atoms with Crippen LogP contribution in [0.25, 0.3) is 0 Å². The van der Waals surface area contributed by atoms with Crippen molar-refractivity contribution in [3.05, 3.63) is 59.9 Å². The third kappa shape index (κ3) is 4.64. The van der Waals surface area contributed by atoms with Crippen LogP contribution in [-0.4, -0.2) is 52.9 Å². The monoisotopic (exact) mass is 432 g/mol. The van der Waals surface area contributed by atoms with Crippen molar-refractivity contribution in [2.75, 3.05) is 31.5 Å². The molecule has 1 aromatic carbocycles. The summed E-state index contributed by atoms with van der Waals surface area (Å²) in [6.45, 7) is 3.13. The number of hydrogen-bond acceptors (Lipinski definition) is 3. The van der Waals surface area contributed by atoms with Crippen LogP contribution in [0, 0.1) is 5.92 Å². The lowest BCUT2D eigenvalue weighted by Crippen LogP contribution is -2.50. The molecule has 0 radical (unpaired) electrons. The standard InChI is InChI=1S/C26H32N4O2/c31-25(14-19-4-1-2-5-19)29-13-11-22(16-29)20-7-9-24(10-8-20)28-26(32)30-17-23(18-30)21-6-3-12-27-15-21/h3,6-10,12,15,19,22-23H,1-2,4-5,11,13-14,16-18H2,(H,28,32). The maximum atomic E-state index is 12.6. The highest BCUT2D eigenvalue weighted by molar-refractivity contribution is 5.90. The zero-order valence-corrected chi connectivity index (χ0v) is 18.6. The fourth-order valence-electron chi connectivity index (χ4n) is 5.36. The van der Waals surface area contributed by atoms with Crippen molar-refractivity contribution in [2.45, 2.75) is 50.4 Å². The molecule has 3 amide bonds. The van der Waals surface area contributed by atoms with Crippen molar-refractivity contribution < 1.29 is 9.59 Å². The Morgan fingerprint density at radius 3 is 2.38 bits per heavy atom. The number of hydrogen-bond donors (Lipinski definition) is 1. The number of urea groups is 1. The predicted octanol–water partition coefficient (Wildman–Crippen LogP) is 4.61. The summed E-state index contributed by atoms with van der Waals surface area (Å²) in [5, 5.41) is 3.01. The minimum absolute atomic E-state index is 0.0533. The van der Waals surface area contributed by atoms with Gasteiger partial charge in [-0.25, -0.2) is 4.79 Å². The number of likely N-dealkylation sites (tertiary alicyclic amines) is 2. The van der Waals surface area contributed by atoms with Crippen LogP contribution >= 0.6 is 0 Å². The van der Waals surface area contributed by atoms with Crippen LogP contribution in [0.2, 0.25) is 0 Å². The van der Waals surface area contributed by atoms with E-state index in [4.69, 9.17) is 0 Å². The third-order valence-electron chi connectivity index (χ3n) is 7.44. The summed E-state index contributed by atoms with van der Waals surface area (Å²) in [4.78, 5) is 33.2. The number of aromatic nitrogens is 1. The fraction of sp³-hybridized carbons (Fsp3) is 0.500. The highest BCUT2D eigenvalue weighted by Gasteiger charge is 2.32. The quantitative estimate of drug-likeness (QED) is 0.750. The fourth-order valence-corrected chi connectivity index (χ4v) is 5.36. The second kappa shape index (κ2) is 9.31. The first kappa shape index (κ1) is 21.0. The summed E-state index contributed by atoms with van der Waals surface area (Å²) in [6.07, 6.45) is 10.4. The molecule has 6 heteroatoms. The van der Waals surface area contributed by atoms with Gasteiger partial charge in [-0.05, 0) is 54.5 Å². The van der Waals surface area contributed by atoms with Gasteiger partial charge in [-0.15, -0.1) is 0 Å². The van der Waals surface area contributed by atoms with E-state index in [0.717, 1.165) is 44.7 Å². The Kier molecular flexibility index (Phi) is 6.10. The average molecular weight is 433 g/mol. The number of anilines is 1. The zero-order chi connectivity index (χ0) is 21.9. The summed E-state index contributed by atoms with van der Waals surface area (Å²) >= 11 is 0. The molecule has 0 spiro atoms. The number of carbonyl (C=O) groups excluding carboxylic acids is 2. The second-order valence-electron chi connectivity index (χ2n) is 9.62. The van der Waals surface area contributed by atoms with Gasteiger partial charge in [0.05, 0.1) is 0 Å². The van der Waals surface area contributed by atoms with Gasteiger partial charge in [0, 0.05) is 62.5 Å². The second-order valence-corrected chi connectivity index (χ2v) is 9.62. The number of nitrogens with zero attached hydrogens (tertiary/aromatic N) is 3. The minimum atomic E-state index is -0.0533. The van der Waals surface area contributed by atoms with Crippen LogP contribution in [0.5, 0.6) is 0 Å². The molecule has 2 aromatic rings. The number of benzene rings is 1. The molecular weight excluding hydrogens is 400 g/mol. The molecule has 3 heterocycles. The summed E-state index contributed by atoms with van der Waals surface area (Å²) in [7, 11) is 0. The topological polar surface area (TPSA) is 65.5 Å². The molecule has 168 valence electrons. The van der Waals surface area contributed by atoms with E-state index < -0.39 is 0 Å². The highest BCUT2D eigenvalue weighted by Crippen LogP contribution is 2.32. The van der Waals surface area contributed by atoms with Gasteiger partial charge in [0.1, 0.15) is 0 Å². The summed E-state index contributed by atoms with van der Waals surface area (Å²) in [5.74, 6) is 1.71. The Morgan fingerprint density at radius 1 is 0.906 bits per heavy atom. The molecule has 1 unspecified atom stereocenters. The van der Waals surface area contributed by atoms with E-state index in [9.17, 15) is 9.59 Å². The summed E-state index contributed by atoms with van der Waals surface area (Å²) in [6, 6.07) is 12.1. The molecule has 1 saturated carbocycles. The maximum Gasteiger partial charge on any atom is 0.321 e. The highest BCUT2D eigenvalue weighted by atomic mass is 16.2. The molecule has 3 aliphatic rings. The Hall–Kier alpha value is -2.89. The normalized spacial score (nSPS) is 21.6. The minimum Gasteiger partial charge on any atom is -0.342 e. The molecule has 1 atom stereocenters. The smallest absolute Gasteiger partial charge is 0.321 e. The number of amides is 3. The van der Waals surface area contributed by atoms with Crippen molar-refractivity contribution in [3.63, 3.8) is 0 Å². The van der Waals surface area contributed by atoms with E-state index in [2.05, 4.69) is 33.4 Å². The molecular formula is C26H32N4O2. The first-order chi connectivity index (χ1) is 15.7. The number of pyridine rings is 1. The van der Waals surface area contributed by atoms with E-state index in [1.807, 2.05) is 29.3 Å². The van der Waals surface area contributed by atoms with Gasteiger partial charge in [0.2, 0.25) is 5.91 Å². The number of carbonyl (C=O) groups is 2. The van der Waals surface area contributed by atoms with Crippen molar-refractivity contribution in [1.82, 2.24) is 14.8 Å². The lowest BCUT2D eigenvalue weighted by atomic mass is 9.93. The lowest BCUT2D eigenvalue weighted by molar-refractivity contribution is -0.131. The number of rotatable bonds is 5. The molecule has 2 aliphatic heterocycles. The van der Waals surface area contributed by atoms with Crippen LogP contribution in [0.1, 0.15) is 61.5 Å². The van der Waals surface area contributed by atoms with E-state index in [-0.39, 0.29) is 6.03 Å². The SMILES string of the molecule is O=C(CC1CCCC1)N1CCC(c2ccc(NC(=O)N3CC(c4cccnc4)C3)cc2)C1. The first-order valence-corrected chi connectivity index (χ1v) is 12.0. The molecule has 0 bridgehead atoms. The predicted molar refractivity (Wildman–Crippen MR) is 125 cm³/mol. The van der Waals surface area contributed by atoms with E-state index in [1.54, 1.807) is 6.20 Å². The Balaban J connectivity index is 1.09. The van der Waals surface area contributed by atoms with Gasteiger partial charge in [0.25, 0.3) is 0 Å². The third-order valence-corrected chi connectivity index (χ3v) is 7.44. The van der Waals surface area contributed by atoms with E-state index in [1.165, 1.54) is 36.8 Å². The van der Waals surface area contributed by atoms with Gasteiger partial charge in [0.15, 0.2) is 0 Å². The largest absolute Gasteiger partial charge is 0.342 e. The van der Waals surface area contributed by atoms with Crippen LogP contribution in [0.4, 0.5) is 10.5 Å². The molecule has 5 rings (SSSR count). The van der Waals surface area contributed by atoms with Crippen LogP contribution in [0.3, 0.4) is 0 Å². The van der Waals surface area contributed by atoms with Crippen LogP contribution in [0.15, 0.2) is 48.8 Å². The van der Waals surface area contributed by atoms with Crippen molar-refractivity contribution in [2.24, 2.45) is 5.92 Å². The maximum absolute atomic E-state index is 12.6. The molecule has 32 heavy (non-hydrogen) atoms. The number of nitrogens with one attached hydrogen (secondary N) is 1. The van der Waals surface area contributed by atoms with Crippen molar-refractivity contribution in [1.29, 1.82) is 0 Å². The molecule has 6 nitrogen and oxygen atoms in total. The Bertz CT molecular complexity index is 934. The van der Waals surface area contributed by atoms with Crippen LogP contribution < -0.4 is 5.32 Å². The van der Waals surface area contributed by atoms with Gasteiger partial charge in [-0.2, -0.15) is 0 Å². The van der Waals surface area contributed by atoms with Crippen LogP contribution in [-0.2, 0) is 4.79 Å². The van der Waals surface area contributed by atoms with E-state index >= 15 is 0 Å². The summed E-state index contributed by atoms with van der Waals surface area (Å²) in [5.41, 5.74) is 3.25. The van der Waals surface area contributed by atoms with Crippen molar-refractivity contribution in [3.8, 4) is 0 Å². The van der Waals surface area contributed by atoms with Crippen molar-refractivity contribution >= 4 is 17.6 Å². The average Bonchev–Trinajstić information content (AvgIpc) is 3.46. The molecule has 2 saturated heterocycles. The summed E-state index contributed by atoms with van der Waals surface area (Å²) < 4.78 is 0. The lowest BCUT2D eigenvalue weighted by Gasteiger charge is -2.39. The Morgan fingerprint density at radius 2 is 1.66 bits per heavy atom. The zero-order valence-electron chi connectivity index (χ0n) is 18.6. The van der Waals surface area contributed by atoms with Gasteiger partial charge in [-0.1, -0.05) is 31.0 Å². The molecule has 1 N–H and O–H groups in total. The van der Waals surface area contributed by atoms with Gasteiger partial charge in [-0.3, -0.25) is 9.78 Å².